The highest BCUT2D eigenvalue weighted by molar-refractivity contribution is 5.91. The van der Waals surface area contributed by atoms with E-state index in [0.29, 0.717) is 0 Å². The highest BCUT2D eigenvalue weighted by atomic mass is 19.3. The van der Waals surface area contributed by atoms with Gasteiger partial charge in [-0.25, -0.2) is 31.1 Å². The van der Waals surface area contributed by atoms with Gasteiger partial charge in [0.25, 0.3) is 18.1 Å². The van der Waals surface area contributed by atoms with Crippen molar-refractivity contribution in [2.45, 2.75) is 102 Å². The molecule has 4 N–H and O–H groups in total. The van der Waals surface area contributed by atoms with Crippen LogP contribution in [0, 0.1) is 5.41 Å². The number of hydrogen-bond donors (Lipinski definition) is 4. The molecule has 2 unspecified atom stereocenters. The van der Waals surface area contributed by atoms with E-state index in [0.717, 1.165) is 6.92 Å². The lowest BCUT2D eigenvalue weighted by atomic mass is 9.72. The van der Waals surface area contributed by atoms with Crippen LogP contribution in [0.1, 0.15) is 84.1 Å². The van der Waals surface area contributed by atoms with Crippen LogP contribution < -0.4 is 0 Å². The van der Waals surface area contributed by atoms with Crippen molar-refractivity contribution in [3.8, 4) is 0 Å². The predicted octanol–water partition coefficient (Wildman–Crippen LogP) is 9.97. The molecule has 0 aromatic carbocycles. The van der Waals surface area contributed by atoms with E-state index >= 15 is 0 Å². The number of carboxylic acid groups (broad SMARTS) is 4. The molecular weight excluding hydrogens is 630 g/mol. The van der Waals surface area contributed by atoms with Crippen LogP contribution in [0.5, 0.6) is 0 Å². The number of carboxylic acids is 4. The molecule has 0 amide bonds. The van der Waals surface area contributed by atoms with E-state index in [9.17, 15) is 63.1 Å². The van der Waals surface area contributed by atoms with Crippen LogP contribution in [0.2, 0.25) is 0 Å². The zero-order valence-electron chi connectivity index (χ0n) is 19.6. The molecule has 0 spiro atoms. The Hall–Kier alpha value is -3.60. The maximum absolute atomic E-state index is 13.8. The van der Waals surface area contributed by atoms with Gasteiger partial charge in [0.15, 0.2) is 12.5 Å². The predicted molar refractivity (Wildman–Crippen MR) is 150 cm³/mol. The Morgan fingerprint density at radius 2 is 1.11 bits per heavy atom. The first kappa shape index (κ1) is 67.9. The molecule has 0 aliphatic heterocycles. The first-order valence-corrected chi connectivity index (χ1v) is 9.41. The zero-order valence-corrected chi connectivity index (χ0v) is 19.6. The molecule has 0 aliphatic rings. The topological polar surface area (TPSA) is 149 Å². The SMILES string of the molecule is C.C.C.C.C.C.C=C(CC(=O)O)C(=O)O.C=C(F)F.CCC(F)(F)CC(CC(=O)O)(C(=O)O)C(F)C(C)(F)F.FC=C(F)F. The molecule has 0 heterocycles. The molecule has 0 radical (unpaired) electrons. The number of hydrogen-bond acceptors (Lipinski definition) is 4. The Morgan fingerprint density at radius 1 is 0.795 bits per heavy atom. The van der Waals surface area contributed by atoms with Crippen molar-refractivity contribution in [2.24, 2.45) is 5.41 Å². The maximum Gasteiger partial charge on any atom is 0.331 e. The molecule has 0 aromatic heterocycles. The van der Waals surface area contributed by atoms with E-state index in [1.54, 1.807) is 0 Å². The Labute approximate surface area is 252 Å². The minimum Gasteiger partial charge on any atom is -0.481 e. The van der Waals surface area contributed by atoms with Crippen molar-refractivity contribution >= 4 is 23.9 Å². The summed E-state index contributed by atoms with van der Waals surface area (Å²) in [6, 6.07) is 0. The Kier molecular flexibility index (Phi) is 47.6. The lowest BCUT2D eigenvalue weighted by Crippen LogP contribution is -2.52. The fourth-order valence-electron chi connectivity index (χ4n) is 2.10. The zero-order chi connectivity index (χ0) is 31.7. The van der Waals surface area contributed by atoms with E-state index in [1.165, 1.54) is 0 Å². The van der Waals surface area contributed by atoms with Gasteiger partial charge in [-0.2, -0.15) is 17.6 Å². The molecule has 2 atom stereocenters. The van der Waals surface area contributed by atoms with Crippen molar-refractivity contribution in [3.05, 3.63) is 37.2 Å². The van der Waals surface area contributed by atoms with Gasteiger partial charge in [0.05, 0.1) is 12.8 Å². The van der Waals surface area contributed by atoms with Gasteiger partial charge >= 0.3 is 23.9 Å². The second kappa shape index (κ2) is 30.8. The summed E-state index contributed by atoms with van der Waals surface area (Å²) in [6.07, 6.45) is -13.3. The summed E-state index contributed by atoms with van der Waals surface area (Å²) in [6.45, 7) is 6.20. The van der Waals surface area contributed by atoms with E-state index in [1.807, 2.05) is 0 Å². The van der Waals surface area contributed by atoms with E-state index < -0.39 is 91.5 Å². The Bertz CT molecular complexity index is 852. The van der Waals surface area contributed by atoms with E-state index in [-0.39, 0.29) is 57.1 Å². The fraction of sp³-hybridized carbons (Fsp3) is 0.615. The van der Waals surface area contributed by atoms with Crippen LogP contribution in [-0.2, 0) is 19.2 Å². The molecule has 0 saturated carbocycles. The second-order valence-electron chi connectivity index (χ2n) is 6.95. The van der Waals surface area contributed by atoms with Crippen molar-refractivity contribution in [3.63, 3.8) is 0 Å². The molecular formula is C26H48F10O8. The van der Waals surface area contributed by atoms with Crippen LogP contribution in [0.4, 0.5) is 43.9 Å². The van der Waals surface area contributed by atoms with Crippen molar-refractivity contribution in [2.75, 3.05) is 0 Å². The minimum atomic E-state index is -4.27. The average molecular weight is 679 g/mol. The van der Waals surface area contributed by atoms with Gasteiger partial charge in [0.1, 0.15) is 5.41 Å². The first-order chi connectivity index (χ1) is 16.8. The standard InChI is InChI=1S/C11H15F5O4.C5H6O4.C2HF3.C2H2F2.6CH4/c1-3-11(15,16)5-10(8(19)20,4-6(17)18)7(12)9(2,13)14;1-3(5(8)9)2-4(6)7;3-1-2(4)5;1-2(3)4;;;;;;/h7H,3-5H2,1-2H3,(H,17,18)(H,19,20);1-2H2,(H,6,7)(H,8,9);1H;1H2;6*1H4. The van der Waals surface area contributed by atoms with E-state index in [2.05, 4.69) is 13.2 Å². The molecule has 0 aromatic rings. The summed E-state index contributed by atoms with van der Waals surface area (Å²) in [5, 5.41) is 33.5. The van der Waals surface area contributed by atoms with Crippen molar-refractivity contribution in [1.29, 1.82) is 0 Å². The van der Waals surface area contributed by atoms with Gasteiger partial charge in [0, 0.05) is 25.3 Å². The third-order valence-corrected chi connectivity index (χ3v) is 3.66. The van der Waals surface area contributed by atoms with Crippen LogP contribution in [0.25, 0.3) is 0 Å². The molecule has 270 valence electrons. The van der Waals surface area contributed by atoms with Crippen LogP contribution in [0.15, 0.2) is 37.2 Å². The third-order valence-electron chi connectivity index (χ3n) is 3.66. The second-order valence-corrected chi connectivity index (χ2v) is 6.95. The van der Waals surface area contributed by atoms with Crippen LogP contribution in [0.3, 0.4) is 0 Å². The quantitative estimate of drug-likeness (QED) is 0.125. The molecule has 0 saturated heterocycles. The minimum absolute atomic E-state index is 0. The summed E-state index contributed by atoms with van der Waals surface area (Å²) in [4.78, 5) is 41.3. The first-order valence-electron chi connectivity index (χ1n) is 9.41. The summed E-state index contributed by atoms with van der Waals surface area (Å²) < 4.78 is 117. The number of alkyl halides is 5. The summed E-state index contributed by atoms with van der Waals surface area (Å²) >= 11 is 0. The molecule has 44 heavy (non-hydrogen) atoms. The van der Waals surface area contributed by atoms with Gasteiger partial charge in [-0.3, -0.25) is 14.4 Å². The third kappa shape index (κ3) is 36.4. The Morgan fingerprint density at radius 3 is 1.25 bits per heavy atom. The number of aliphatic carboxylic acids is 4. The highest BCUT2D eigenvalue weighted by Crippen LogP contribution is 2.46. The summed E-state index contributed by atoms with van der Waals surface area (Å²) in [5.74, 6) is -14.8. The van der Waals surface area contributed by atoms with Crippen LogP contribution in [-0.4, -0.2) is 62.3 Å². The normalized spacial score (nSPS) is 11.0. The highest BCUT2D eigenvalue weighted by Gasteiger charge is 2.60. The number of carbonyl (C=O) groups is 4. The summed E-state index contributed by atoms with van der Waals surface area (Å²) in [7, 11) is 0. The lowest BCUT2D eigenvalue weighted by Gasteiger charge is -2.36. The molecule has 0 bridgehead atoms. The molecule has 0 rings (SSSR count). The largest absolute Gasteiger partial charge is 0.481 e. The average Bonchev–Trinajstić information content (AvgIpc) is 2.71. The van der Waals surface area contributed by atoms with Gasteiger partial charge in [0.2, 0.25) is 5.92 Å². The monoisotopic (exact) mass is 678 g/mol. The van der Waals surface area contributed by atoms with Crippen molar-refractivity contribution in [1.82, 2.24) is 0 Å². The molecule has 0 fully saturated rings. The molecule has 18 heteroatoms. The maximum atomic E-state index is 13.8. The number of rotatable bonds is 11. The molecule has 8 nitrogen and oxygen atoms in total. The van der Waals surface area contributed by atoms with Gasteiger partial charge < -0.3 is 20.4 Å². The van der Waals surface area contributed by atoms with Crippen LogP contribution >= 0.6 is 0 Å². The Balaban J connectivity index is -0.0000000509. The fourth-order valence-corrected chi connectivity index (χ4v) is 2.10. The smallest absolute Gasteiger partial charge is 0.331 e. The summed E-state index contributed by atoms with van der Waals surface area (Å²) in [5.41, 5.74) is -3.70. The van der Waals surface area contributed by atoms with Gasteiger partial charge in [-0.1, -0.05) is 58.1 Å². The van der Waals surface area contributed by atoms with Gasteiger partial charge in [-0.05, 0) is 6.58 Å². The number of halogens is 10. The lowest BCUT2D eigenvalue weighted by molar-refractivity contribution is -0.187. The van der Waals surface area contributed by atoms with Crippen molar-refractivity contribution < 1.29 is 83.5 Å². The van der Waals surface area contributed by atoms with E-state index in [4.69, 9.17) is 20.4 Å². The molecule has 0 aliphatic carbocycles. The van der Waals surface area contributed by atoms with Gasteiger partial charge in [-0.15, -0.1) is 0 Å².